The van der Waals surface area contributed by atoms with Crippen molar-refractivity contribution in [1.82, 2.24) is 0 Å². The van der Waals surface area contributed by atoms with Gasteiger partial charge in [-0.05, 0) is 39.0 Å². The maximum absolute atomic E-state index is 5.69. The fourth-order valence-electron chi connectivity index (χ4n) is 1.32. The predicted octanol–water partition coefficient (Wildman–Crippen LogP) is 3.52. The van der Waals surface area contributed by atoms with E-state index in [1.165, 1.54) is 0 Å². The van der Waals surface area contributed by atoms with Crippen molar-refractivity contribution in [2.75, 3.05) is 7.11 Å². The van der Waals surface area contributed by atoms with Gasteiger partial charge in [-0.25, -0.2) is 0 Å². The van der Waals surface area contributed by atoms with Crippen LogP contribution in [0.4, 0.5) is 0 Å². The van der Waals surface area contributed by atoms with Crippen LogP contribution in [0.25, 0.3) is 6.08 Å². The Morgan fingerprint density at radius 1 is 1.27 bits per heavy atom. The van der Waals surface area contributed by atoms with E-state index in [9.17, 15) is 0 Å². The van der Waals surface area contributed by atoms with Crippen LogP contribution in [0.15, 0.2) is 24.3 Å². The van der Waals surface area contributed by atoms with Crippen LogP contribution in [-0.4, -0.2) is 13.2 Å². The van der Waals surface area contributed by atoms with E-state index in [2.05, 4.69) is 0 Å². The molecule has 1 aromatic carbocycles. The second kappa shape index (κ2) is 5.44. The summed E-state index contributed by atoms with van der Waals surface area (Å²) in [5.41, 5.74) is 1.05. The molecule has 0 saturated carbocycles. The Hall–Kier alpha value is -1.44. The van der Waals surface area contributed by atoms with Crippen molar-refractivity contribution in [2.45, 2.75) is 26.9 Å². The summed E-state index contributed by atoms with van der Waals surface area (Å²) in [5.74, 6) is 1.74. The first kappa shape index (κ1) is 11.6. The van der Waals surface area contributed by atoms with Crippen LogP contribution in [0, 0.1) is 0 Å². The lowest BCUT2D eigenvalue weighted by Gasteiger charge is -2.13. The van der Waals surface area contributed by atoms with Gasteiger partial charge in [0.05, 0.1) is 13.2 Å². The molecule has 82 valence electrons. The lowest BCUT2D eigenvalue weighted by Crippen LogP contribution is -2.06. The van der Waals surface area contributed by atoms with Crippen molar-refractivity contribution >= 4 is 6.08 Å². The Morgan fingerprint density at radius 3 is 2.53 bits per heavy atom. The maximum atomic E-state index is 5.69. The fraction of sp³-hybridized carbons (Fsp3) is 0.385. The van der Waals surface area contributed by atoms with Crippen molar-refractivity contribution in [3.63, 3.8) is 0 Å². The molecule has 0 atom stereocenters. The zero-order valence-corrected chi connectivity index (χ0v) is 9.78. The molecule has 0 fully saturated rings. The first-order valence-electron chi connectivity index (χ1n) is 5.14. The third-order valence-corrected chi connectivity index (χ3v) is 1.93. The van der Waals surface area contributed by atoms with Gasteiger partial charge in [0.1, 0.15) is 11.5 Å². The van der Waals surface area contributed by atoms with Crippen molar-refractivity contribution in [2.24, 2.45) is 0 Å². The Bertz CT molecular complexity index is 340. The first-order chi connectivity index (χ1) is 7.17. The highest BCUT2D eigenvalue weighted by atomic mass is 16.5. The van der Waals surface area contributed by atoms with Gasteiger partial charge in [-0.2, -0.15) is 0 Å². The van der Waals surface area contributed by atoms with E-state index in [1.807, 2.05) is 51.1 Å². The van der Waals surface area contributed by atoms with Gasteiger partial charge in [0, 0.05) is 5.56 Å². The Kier molecular flexibility index (Phi) is 4.22. The topological polar surface area (TPSA) is 18.5 Å². The van der Waals surface area contributed by atoms with Gasteiger partial charge in [-0.1, -0.05) is 12.2 Å². The second-order valence-corrected chi connectivity index (χ2v) is 3.57. The first-order valence-corrected chi connectivity index (χ1v) is 5.14. The van der Waals surface area contributed by atoms with Gasteiger partial charge in [-0.15, -0.1) is 0 Å². The highest BCUT2D eigenvalue weighted by Gasteiger charge is 2.04. The van der Waals surface area contributed by atoms with Crippen LogP contribution in [-0.2, 0) is 0 Å². The molecule has 1 rings (SSSR count). The molecule has 0 bridgehead atoms. The fourth-order valence-corrected chi connectivity index (χ4v) is 1.32. The Balaban J connectivity index is 3.03. The van der Waals surface area contributed by atoms with Gasteiger partial charge in [-0.3, -0.25) is 0 Å². The average molecular weight is 206 g/mol. The minimum Gasteiger partial charge on any atom is -0.497 e. The number of allylic oxidation sites excluding steroid dienone is 1. The SMILES string of the molecule is CC=Cc1cc(OC)ccc1OC(C)C. The third kappa shape index (κ3) is 3.31. The molecule has 0 unspecified atom stereocenters. The normalized spacial score (nSPS) is 11.0. The van der Waals surface area contributed by atoms with Crippen molar-refractivity contribution < 1.29 is 9.47 Å². The van der Waals surface area contributed by atoms with Crippen LogP contribution < -0.4 is 9.47 Å². The summed E-state index contributed by atoms with van der Waals surface area (Å²) >= 11 is 0. The van der Waals surface area contributed by atoms with Gasteiger partial charge in [0.25, 0.3) is 0 Å². The minimum atomic E-state index is 0.183. The second-order valence-electron chi connectivity index (χ2n) is 3.57. The van der Waals surface area contributed by atoms with E-state index in [0.29, 0.717) is 0 Å². The van der Waals surface area contributed by atoms with E-state index in [-0.39, 0.29) is 6.10 Å². The number of hydrogen-bond donors (Lipinski definition) is 0. The van der Waals surface area contributed by atoms with E-state index >= 15 is 0 Å². The van der Waals surface area contributed by atoms with Gasteiger partial charge >= 0.3 is 0 Å². The molecule has 0 radical (unpaired) electrons. The Labute approximate surface area is 91.5 Å². The van der Waals surface area contributed by atoms with Crippen molar-refractivity contribution in [3.8, 4) is 11.5 Å². The monoisotopic (exact) mass is 206 g/mol. The van der Waals surface area contributed by atoms with Crippen LogP contribution in [0.5, 0.6) is 11.5 Å². The largest absolute Gasteiger partial charge is 0.497 e. The molecule has 0 aromatic heterocycles. The molecule has 0 spiro atoms. The zero-order valence-electron chi connectivity index (χ0n) is 9.78. The number of methoxy groups -OCH3 is 1. The van der Waals surface area contributed by atoms with E-state index in [1.54, 1.807) is 7.11 Å². The van der Waals surface area contributed by atoms with Gasteiger partial charge in [0.2, 0.25) is 0 Å². The summed E-state index contributed by atoms with van der Waals surface area (Å²) in [7, 11) is 1.66. The number of hydrogen-bond acceptors (Lipinski definition) is 2. The average Bonchev–Trinajstić information content (AvgIpc) is 2.20. The van der Waals surface area contributed by atoms with Crippen molar-refractivity contribution in [3.05, 3.63) is 29.8 Å². The lowest BCUT2D eigenvalue weighted by atomic mass is 10.1. The molecule has 2 heteroatoms. The maximum Gasteiger partial charge on any atom is 0.127 e. The molecular weight excluding hydrogens is 188 g/mol. The van der Waals surface area contributed by atoms with Crippen LogP contribution in [0.1, 0.15) is 26.3 Å². The number of rotatable bonds is 4. The zero-order chi connectivity index (χ0) is 11.3. The lowest BCUT2D eigenvalue weighted by molar-refractivity contribution is 0.241. The molecule has 2 nitrogen and oxygen atoms in total. The summed E-state index contributed by atoms with van der Waals surface area (Å²) in [6.45, 7) is 6.02. The molecule has 0 saturated heterocycles. The standard InChI is InChI=1S/C13H18O2/c1-5-6-11-9-12(14-4)7-8-13(11)15-10(2)3/h5-10H,1-4H3. The molecule has 0 amide bonds. The van der Waals surface area contributed by atoms with E-state index in [0.717, 1.165) is 17.1 Å². The molecule has 15 heavy (non-hydrogen) atoms. The summed E-state index contributed by atoms with van der Waals surface area (Å²) in [6, 6.07) is 5.82. The van der Waals surface area contributed by atoms with E-state index < -0.39 is 0 Å². The minimum absolute atomic E-state index is 0.183. The Morgan fingerprint density at radius 2 is 2.00 bits per heavy atom. The third-order valence-electron chi connectivity index (χ3n) is 1.93. The summed E-state index contributed by atoms with van der Waals surface area (Å²) in [6.07, 6.45) is 4.18. The number of ether oxygens (including phenoxy) is 2. The molecule has 0 N–H and O–H groups in total. The molecule has 0 heterocycles. The molecule has 1 aromatic rings. The molecule has 0 aliphatic rings. The molecule has 0 aliphatic carbocycles. The molecule has 0 aliphatic heterocycles. The summed E-state index contributed by atoms with van der Waals surface area (Å²) in [5, 5.41) is 0. The van der Waals surface area contributed by atoms with Crippen LogP contribution in [0.3, 0.4) is 0 Å². The predicted molar refractivity (Wildman–Crippen MR) is 63.5 cm³/mol. The van der Waals surface area contributed by atoms with Crippen LogP contribution >= 0.6 is 0 Å². The van der Waals surface area contributed by atoms with Gasteiger partial charge in [0.15, 0.2) is 0 Å². The summed E-state index contributed by atoms with van der Waals surface area (Å²) < 4.78 is 10.9. The smallest absolute Gasteiger partial charge is 0.127 e. The highest BCUT2D eigenvalue weighted by Crippen LogP contribution is 2.26. The highest BCUT2D eigenvalue weighted by molar-refractivity contribution is 5.59. The number of benzene rings is 1. The summed E-state index contributed by atoms with van der Waals surface area (Å²) in [4.78, 5) is 0. The van der Waals surface area contributed by atoms with Crippen LogP contribution in [0.2, 0.25) is 0 Å². The van der Waals surface area contributed by atoms with Gasteiger partial charge < -0.3 is 9.47 Å². The van der Waals surface area contributed by atoms with E-state index in [4.69, 9.17) is 9.47 Å². The van der Waals surface area contributed by atoms with Crippen molar-refractivity contribution in [1.29, 1.82) is 0 Å². The molecular formula is C13H18O2. The quantitative estimate of drug-likeness (QED) is 0.750.